The summed E-state index contributed by atoms with van der Waals surface area (Å²) in [7, 11) is 0. The number of nitrogens with two attached hydrogens (primary N) is 1. The lowest BCUT2D eigenvalue weighted by Gasteiger charge is -2.13. The smallest absolute Gasteiger partial charge is 0.326 e. The van der Waals surface area contributed by atoms with E-state index in [4.69, 9.17) is 28.9 Å². The maximum atomic E-state index is 12.4. The molecule has 1 aromatic rings. The van der Waals surface area contributed by atoms with Gasteiger partial charge in [-0.3, -0.25) is 0 Å². The van der Waals surface area contributed by atoms with E-state index in [1.54, 1.807) is 0 Å². The summed E-state index contributed by atoms with van der Waals surface area (Å²) < 4.78 is 37.3. The van der Waals surface area contributed by atoms with Crippen LogP contribution in [0.5, 0.6) is 0 Å². The first kappa shape index (κ1) is 11.6. The molecule has 0 bridgehead atoms. The van der Waals surface area contributed by atoms with Gasteiger partial charge in [0.05, 0.1) is 10.6 Å². The molecule has 0 saturated heterocycles. The van der Waals surface area contributed by atoms with Crippen molar-refractivity contribution in [3.63, 3.8) is 0 Å². The van der Waals surface area contributed by atoms with E-state index >= 15 is 0 Å². The molecule has 0 unspecified atom stereocenters. The lowest BCUT2D eigenvalue weighted by Crippen LogP contribution is -2.12. The van der Waals surface area contributed by atoms with Gasteiger partial charge in [-0.2, -0.15) is 13.2 Å². The molecule has 0 aliphatic carbocycles. The molecule has 14 heavy (non-hydrogen) atoms. The third-order valence-electron chi connectivity index (χ3n) is 1.64. The van der Waals surface area contributed by atoms with E-state index in [1.165, 1.54) is 0 Å². The summed E-state index contributed by atoms with van der Waals surface area (Å²) in [4.78, 5) is 0. The Bertz CT molecular complexity index is 349. The summed E-state index contributed by atoms with van der Waals surface area (Å²) in [5, 5.41) is -0.283. The Morgan fingerprint density at radius 3 is 2.21 bits per heavy atom. The fourth-order valence-electron chi connectivity index (χ4n) is 1.11. The number of benzene rings is 1. The Morgan fingerprint density at radius 1 is 1.21 bits per heavy atom. The maximum Gasteiger partial charge on any atom is 0.418 e. The van der Waals surface area contributed by atoms with E-state index in [0.717, 1.165) is 12.1 Å². The number of hydrogen-bond acceptors (Lipinski definition) is 1. The molecule has 0 aliphatic heterocycles. The van der Waals surface area contributed by atoms with E-state index in [1.807, 2.05) is 0 Å². The van der Waals surface area contributed by atoms with Gasteiger partial charge >= 0.3 is 6.18 Å². The largest absolute Gasteiger partial charge is 0.418 e. The summed E-state index contributed by atoms with van der Waals surface area (Å²) in [5.41, 5.74) is 4.15. The molecule has 0 amide bonds. The van der Waals surface area contributed by atoms with Crippen molar-refractivity contribution in [2.75, 3.05) is 0 Å². The average molecular weight is 244 g/mol. The Morgan fingerprint density at radius 2 is 1.79 bits per heavy atom. The van der Waals surface area contributed by atoms with Gasteiger partial charge in [-0.1, -0.05) is 23.2 Å². The van der Waals surface area contributed by atoms with E-state index in [0.29, 0.717) is 0 Å². The van der Waals surface area contributed by atoms with Crippen LogP contribution in [0.25, 0.3) is 0 Å². The second-order valence-electron chi connectivity index (χ2n) is 2.62. The topological polar surface area (TPSA) is 26.0 Å². The van der Waals surface area contributed by atoms with Crippen molar-refractivity contribution < 1.29 is 13.2 Å². The van der Waals surface area contributed by atoms with Crippen LogP contribution >= 0.6 is 23.2 Å². The predicted molar refractivity (Wildman–Crippen MR) is 49.4 cm³/mol. The van der Waals surface area contributed by atoms with E-state index in [2.05, 4.69) is 0 Å². The molecule has 78 valence electrons. The lowest BCUT2D eigenvalue weighted by atomic mass is 10.1. The zero-order valence-corrected chi connectivity index (χ0v) is 8.34. The van der Waals surface area contributed by atoms with Gasteiger partial charge < -0.3 is 5.73 Å². The highest BCUT2D eigenvalue weighted by atomic mass is 35.5. The maximum absolute atomic E-state index is 12.4. The first-order valence-corrected chi connectivity index (χ1v) is 4.37. The molecule has 0 aromatic heterocycles. The minimum absolute atomic E-state index is 0.102. The SMILES string of the molecule is NCc1cc(Cl)cc(Cl)c1C(F)(F)F. The zero-order chi connectivity index (χ0) is 10.9. The van der Waals surface area contributed by atoms with Crippen LogP contribution in [0.1, 0.15) is 11.1 Å². The fraction of sp³-hybridized carbons (Fsp3) is 0.250. The summed E-state index contributed by atoms with van der Waals surface area (Å²) in [6, 6.07) is 2.21. The van der Waals surface area contributed by atoms with Crippen molar-refractivity contribution >= 4 is 23.2 Å². The van der Waals surface area contributed by atoms with Crippen molar-refractivity contribution in [1.82, 2.24) is 0 Å². The van der Waals surface area contributed by atoms with Crippen LogP contribution in [0.3, 0.4) is 0 Å². The molecule has 0 atom stereocenters. The summed E-state index contributed by atoms with van der Waals surface area (Å²) in [5.74, 6) is 0. The molecule has 0 spiro atoms. The van der Waals surface area contributed by atoms with E-state index < -0.39 is 16.8 Å². The molecule has 1 rings (SSSR count). The van der Waals surface area contributed by atoms with Gasteiger partial charge in [0.2, 0.25) is 0 Å². The summed E-state index contributed by atoms with van der Waals surface area (Å²) >= 11 is 11.0. The molecular weight excluding hydrogens is 238 g/mol. The fourth-order valence-corrected chi connectivity index (χ4v) is 1.75. The van der Waals surface area contributed by atoms with Crippen LogP contribution in [0, 0.1) is 0 Å². The molecule has 0 saturated carbocycles. The second-order valence-corrected chi connectivity index (χ2v) is 3.47. The van der Waals surface area contributed by atoms with Crippen molar-refractivity contribution in [2.24, 2.45) is 5.73 Å². The van der Waals surface area contributed by atoms with Crippen LogP contribution in [0.4, 0.5) is 13.2 Å². The van der Waals surface area contributed by atoms with E-state index in [-0.39, 0.29) is 17.1 Å². The molecule has 0 aliphatic rings. The number of alkyl halides is 3. The van der Waals surface area contributed by atoms with Gasteiger partial charge in [0.15, 0.2) is 0 Å². The molecular formula is C8H6Cl2F3N. The lowest BCUT2D eigenvalue weighted by molar-refractivity contribution is -0.138. The van der Waals surface area contributed by atoms with Crippen molar-refractivity contribution in [1.29, 1.82) is 0 Å². The highest BCUT2D eigenvalue weighted by Gasteiger charge is 2.35. The first-order chi connectivity index (χ1) is 6.36. The van der Waals surface area contributed by atoms with Gasteiger partial charge in [0, 0.05) is 11.6 Å². The number of halogens is 5. The third-order valence-corrected chi connectivity index (χ3v) is 2.16. The van der Waals surface area contributed by atoms with Crippen LogP contribution in [0.2, 0.25) is 10.0 Å². The Kier molecular flexibility index (Phi) is 3.29. The van der Waals surface area contributed by atoms with Crippen molar-refractivity contribution in [2.45, 2.75) is 12.7 Å². The van der Waals surface area contributed by atoms with Gasteiger partial charge in [0.25, 0.3) is 0 Å². The molecule has 2 N–H and O–H groups in total. The highest BCUT2D eigenvalue weighted by molar-refractivity contribution is 6.35. The second kappa shape index (κ2) is 3.96. The minimum Gasteiger partial charge on any atom is -0.326 e. The van der Waals surface area contributed by atoms with Crippen LogP contribution < -0.4 is 5.73 Å². The standard InChI is InChI=1S/C8H6Cl2F3N/c9-5-1-4(3-14)7(6(10)2-5)8(11,12)13/h1-2H,3,14H2. The molecule has 6 heteroatoms. The number of rotatable bonds is 1. The third kappa shape index (κ3) is 2.32. The first-order valence-electron chi connectivity index (χ1n) is 3.61. The quantitative estimate of drug-likeness (QED) is 0.804. The van der Waals surface area contributed by atoms with Crippen molar-refractivity contribution in [3.05, 3.63) is 33.3 Å². The molecule has 1 aromatic carbocycles. The van der Waals surface area contributed by atoms with Crippen LogP contribution in [0.15, 0.2) is 12.1 Å². The number of hydrogen-bond donors (Lipinski definition) is 1. The Hall–Kier alpha value is -0.450. The van der Waals surface area contributed by atoms with Gasteiger partial charge in [-0.05, 0) is 17.7 Å². The Balaban J connectivity index is 3.40. The average Bonchev–Trinajstić information content (AvgIpc) is 1.99. The van der Waals surface area contributed by atoms with Gasteiger partial charge in [-0.25, -0.2) is 0 Å². The van der Waals surface area contributed by atoms with E-state index in [9.17, 15) is 13.2 Å². The highest BCUT2D eigenvalue weighted by Crippen LogP contribution is 2.38. The normalized spacial score (nSPS) is 11.9. The van der Waals surface area contributed by atoms with Crippen molar-refractivity contribution in [3.8, 4) is 0 Å². The summed E-state index contributed by atoms with van der Waals surface area (Å²) in [6.45, 7) is -0.255. The van der Waals surface area contributed by atoms with Gasteiger partial charge in [0.1, 0.15) is 0 Å². The molecule has 1 nitrogen and oxygen atoms in total. The Labute approximate surface area is 88.6 Å². The molecule has 0 fully saturated rings. The van der Waals surface area contributed by atoms with Crippen LogP contribution in [-0.2, 0) is 12.7 Å². The minimum atomic E-state index is -4.50. The molecule has 0 heterocycles. The molecule has 0 radical (unpaired) electrons. The zero-order valence-electron chi connectivity index (χ0n) is 6.83. The summed E-state index contributed by atoms with van der Waals surface area (Å²) in [6.07, 6.45) is -4.50. The predicted octanol–water partition coefficient (Wildman–Crippen LogP) is 3.47. The van der Waals surface area contributed by atoms with Gasteiger partial charge in [-0.15, -0.1) is 0 Å². The van der Waals surface area contributed by atoms with Crippen LogP contribution in [-0.4, -0.2) is 0 Å². The monoisotopic (exact) mass is 243 g/mol.